The molecule has 2 heterocycles. The van der Waals surface area contributed by atoms with Crippen LogP contribution in [0.2, 0.25) is 0 Å². The number of hydrogen-bond donors (Lipinski definition) is 1. The van der Waals surface area contributed by atoms with Gasteiger partial charge in [-0.3, -0.25) is 4.90 Å². The summed E-state index contributed by atoms with van der Waals surface area (Å²) in [6.07, 6.45) is -4.31. The van der Waals surface area contributed by atoms with E-state index in [1.807, 2.05) is 12.1 Å². The Morgan fingerprint density at radius 1 is 0.821 bits per heavy atom. The number of alkyl halides is 3. The Morgan fingerprint density at radius 2 is 1.43 bits per heavy atom. The molecule has 146 valence electrons. The van der Waals surface area contributed by atoms with E-state index < -0.39 is 11.7 Å². The number of piperazine rings is 1. The lowest BCUT2D eigenvalue weighted by atomic mass is 9.96. The highest BCUT2D eigenvalue weighted by Gasteiger charge is 2.30. The molecule has 1 N–H and O–H groups in total. The van der Waals surface area contributed by atoms with Crippen LogP contribution in [0.5, 0.6) is 0 Å². The Bertz CT molecular complexity index is 881. The Morgan fingerprint density at radius 3 is 1.96 bits per heavy atom. The van der Waals surface area contributed by atoms with Gasteiger partial charge in [-0.1, -0.05) is 36.4 Å². The highest BCUT2D eigenvalue weighted by Crippen LogP contribution is 2.33. The maximum Gasteiger partial charge on any atom is 0.416 e. The van der Waals surface area contributed by atoms with Gasteiger partial charge in [0.15, 0.2) is 0 Å². The van der Waals surface area contributed by atoms with E-state index in [9.17, 15) is 13.2 Å². The standard InChI is InChI=1S/C22H21F3N2S/c23-22(24,25)20-7-5-17(6-8-20)16-1-3-18(4-2-16)21(19-9-14-28-15-19)27-12-10-26-11-13-27/h1-9,14-15,21,26H,10-13H2/t21-/m1/s1. The average Bonchev–Trinajstić information content (AvgIpc) is 3.23. The largest absolute Gasteiger partial charge is 0.416 e. The van der Waals surface area contributed by atoms with Gasteiger partial charge >= 0.3 is 6.18 Å². The first-order valence-corrected chi connectivity index (χ1v) is 10.2. The van der Waals surface area contributed by atoms with Gasteiger partial charge in [-0.25, -0.2) is 0 Å². The number of halogens is 3. The molecule has 0 radical (unpaired) electrons. The van der Waals surface area contributed by atoms with Crippen LogP contribution >= 0.6 is 11.3 Å². The second-order valence-corrected chi connectivity index (χ2v) is 7.72. The van der Waals surface area contributed by atoms with Crippen LogP contribution in [0.3, 0.4) is 0 Å². The van der Waals surface area contributed by atoms with E-state index in [2.05, 4.69) is 39.2 Å². The molecule has 0 saturated carbocycles. The van der Waals surface area contributed by atoms with Crippen LogP contribution < -0.4 is 5.32 Å². The minimum atomic E-state index is -4.31. The van der Waals surface area contributed by atoms with Crippen molar-refractivity contribution in [3.05, 3.63) is 82.0 Å². The van der Waals surface area contributed by atoms with Crippen LogP contribution in [0.1, 0.15) is 22.7 Å². The molecule has 2 aromatic carbocycles. The zero-order chi connectivity index (χ0) is 19.6. The summed E-state index contributed by atoms with van der Waals surface area (Å²) in [6, 6.07) is 15.9. The molecule has 1 fully saturated rings. The summed E-state index contributed by atoms with van der Waals surface area (Å²) in [7, 11) is 0. The summed E-state index contributed by atoms with van der Waals surface area (Å²) in [5, 5.41) is 7.68. The minimum Gasteiger partial charge on any atom is -0.314 e. The topological polar surface area (TPSA) is 15.3 Å². The van der Waals surface area contributed by atoms with Crippen molar-refractivity contribution in [1.82, 2.24) is 10.2 Å². The van der Waals surface area contributed by atoms with Gasteiger partial charge in [0, 0.05) is 26.2 Å². The molecule has 1 aromatic heterocycles. The summed E-state index contributed by atoms with van der Waals surface area (Å²) >= 11 is 1.70. The van der Waals surface area contributed by atoms with Crippen LogP contribution in [0.25, 0.3) is 11.1 Å². The van der Waals surface area contributed by atoms with Crippen molar-refractivity contribution < 1.29 is 13.2 Å². The molecule has 0 bridgehead atoms. The van der Waals surface area contributed by atoms with Crippen molar-refractivity contribution in [2.75, 3.05) is 26.2 Å². The quantitative estimate of drug-likeness (QED) is 0.626. The lowest BCUT2D eigenvalue weighted by Crippen LogP contribution is -2.45. The first kappa shape index (κ1) is 19.2. The minimum absolute atomic E-state index is 0.204. The van der Waals surface area contributed by atoms with E-state index in [0.29, 0.717) is 0 Å². The first-order valence-electron chi connectivity index (χ1n) is 9.27. The molecule has 0 amide bonds. The predicted octanol–water partition coefficient (Wildman–Crippen LogP) is 5.43. The van der Waals surface area contributed by atoms with Gasteiger partial charge in [-0.05, 0) is 51.2 Å². The van der Waals surface area contributed by atoms with E-state index in [1.165, 1.54) is 23.3 Å². The van der Waals surface area contributed by atoms with Gasteiger partial charge in [0.1, 0.15) is 0 Å². The van der Waals surface area contributed by atoms with Crippen molar-refractivity contribution in [1.29, 1.82) is 0 Å². The van der Waals surface area contributed by atoms with Crippen LogP contribution in [0.15, 0.2) is 65.4 Å². The maximum atomic E-state index is 12.8. The third kappa shape index (κ3) is 4.14. The summed E-state index contributed by atoms with van der Waals surface area (Å²) in [5.41, 5.74) is 3.57. The molecule has 4 rings (SSSR count). The highest BCUT2D eigenvalue weighted by molar-refractivity contribution is 7.08. The van der Waals surface area contributed by atoms with Crippen LogP contribution in [0, 0.1) is 0 Å². The van der Waals surface area contributed by atoms with Gasteiger partial charge in [-0.2, -0.15) is 24.5 Å². The van der Waals surface area contributed by atoms with Gasteiger partial charge in [0.25, 0.3) is 0 Å². The number of rotatable bonds is 4. The van der Waals surface area contributed by atoms with E-state index in [0.717, 1.165) is 49.4 Å². The van der Waals surface area contributed by atoms with Crippen LogP contribution in [-0.4, -0.2) is 31.1 Å². The fraction of sp³-hybridized carbons (Fsp3) is 0.273. The molecule has 1 aliphatic heterocycles. The van der Waals surface area contributed by atoms with Crippen LogP contribution in [-0.2, 0) is 6.18 Å². The third-order valence-corrected chi connectivity index (χ3v) is 5.85. The Labute approximate surface area is 166 Å². The molecular formula is C22H21F3N2S. The van der Waals surface area contributed by atoms with Crippen molar-refractivity contribution in [3.63, 3.8) is 0 Å². The van der Waals surface area contributed by atoms with Crippen LogP contribution in [0.4, 0.5) is 13.2 Å². The Hall–Kier alpha value is -2.15. The molecule has 0 spiro atoms. The van der Waals surface area contributed by atoms with Gasteiger partial charge < -0.3 is 5.32 Å². The molecule has 1 saturated heterocycles. The lowest BCUT2D eigenvalue weighted by molar-refractivity contribution is -0.137. The summed E-state index contributed by atoms with van der Waals surface area (Å²) in [5.74, 6) is 0. The van der Waals surface area contributed by atoms with E-state index >= 15 is 0 Å². The molecule has 0 unspecified atom stereocenters. The van der Waals surface area contributed by atoms with Crippen molar-refractivity contribution >= 4 is 11.3 Å². The summed E-state index contributed by atoms with van der Waals surface area (Å²) in [4.78, 5) is 2.48. The molecule has 0 aliphatic carbocycles. The van der Waals surface area contributed by atoms with E-state index in [1.54, 1.807) is 11.3 Å². The smallest absolute Gasteiger partial charge is 0.314 e. The average molecular weight is 402 g/mol. The number of nitrogens with zero attached hydrogens (tertiary/aromatic N) is 1. The van der Waals surface area contributed by atoms with Gasteiger partial charge in [-0.15, -0.1) is 0 Å². The Balaban J connectivity index is 1.60. The Kier molecular flexibility index (Phi) is 5.53. The fourth-order valence-electron chi connectivity index (χ4n) is 3.69. The SMILES string of the molecule is FC(F)(F)c1ccc(-c2ccc([C@H](c3ccsc3)N3CCNCC3)cc2)cc1. The fourth-order valence-corrected chi connectivity index (χ4v) is 4.37. The molecule has 28 heavy (non-hydrogen) atoms. The molecular weight excluding hydrogens is 381 g/mol. The molecule has 1 atom stereocenters. The number of benzene rings is 2. The normalized spacial score (nSPS) is 16.8. The molecule has 1 aliphatic rings. The third-order valence-electron chi connectivity index (χ3n) is 5.15. The summed E-state index contributed by atoms with van der Waals surface area (Å²) in [6.45, 7) is 3.93. The van der Waals surface area contributed by atoms with Crippen molar-refractivity contribution in [2.24, 2.45) is 0 Å². The highest BCUT2D eigenvalue weighted by atomic mass is 32.1. The second-order valence-electron chi connectivity index (χ2n) is 6.94. The number of thiophene rings is 1. The van der Waals surface area contributed by atoms with Gasteiger partial charge in [0.2, 0.25) is 0 Å². The van der Waals surface area contributed by atoms with Crippen molar-refractivity contribution in [2.45, 2.75) is 12.2 Å². The van der Waals surface area contributed by atoms with E-state index in [-0.39, 0.29) is 6.04 Å². The number of nitrogens with one attached hydrogen (secondary N) is 1. The molecule has 3 aromatic rings. The van der Waals surface area contributed by atoms with E-state index in [4.69, 9.17) is 0 Å². The second kappa shape index (κ2) is 8.07. The molecule has 2 nitrogen and oxygen atoms in total. The lowest BCUT2D eigenvalue weighted by Gasteiger charge is -2.35. The maximum absolute atomic E-state index is 12.8. The van der Waals surface area contributed by atoms with Gasteiger partial charge in [0.05, 0.1) is 11.6 Å². The molecule has 6 heteroatoms. The summed E-state index contributed by atoms with van der Waals surface area (Å²) < 4.78 is 38.3. The first-order chi connectivity index (χ1) is 13.5. The number of hydrogen-bond acceptors (Lipinski definition) is 3. The van der Waals surface area contributed by atoms with Crippen molar-refractivity contribution in [3.8, 4) is 11.1 Å². The zero-order valence-corrected chi connectivity index (χ0v) is 16.1. The predicted molar refractivity (Wildman–Crippen MR) is 107 cm³/mol. The zero-order valence-electron chi connectivity index (χ0n) is 15.2. The monoisotopic (exact) mass is 402 g/mol.